The molecule has 0 aliphatic rings. The molecule has 0 heterocycles. The minimum Gasteiger partial charge on any atom is -0.307 e. The topological polar surface area (TPSA) is 20.3 Å². The Morgan fingerprint density at radius 3 is 1.74 bits per heavy atom. The van der Waals surface area contributed by atoms with Crippen LogP contribution >= 0.6 is 0 Å². The second-order valence-electron chi connectivity index (χ2n) is 6.71. The zero-order valence-electron chi connectivity index (χ0n) is 14.6. The second-order valence-corrected chi connectivity index (χ2v) is 6.71. The largest absolute Gasteiger partial charge is 0.307 e. The van der Waals surface area contributed by atoms with E-state index in [1.165, 1.54) is 11.1 Å². The first-order valence-corrected chi connectivity index (χ1v) is 8.22. The van der Waals surface area contributed by atoms with E-state index in [2.05, 4.69) is 74.4 Å². The molecular formula is C21H27NO. The lowest BCUT2D eigenvalue weighted by atomic mass is 9.67. The van der Waals surface area contributed by atoms with Crippen molar-refractivity contribution in [1.29, 1.82) is 0 Å². The Labute approximate surface area is 140 Å². The zero-order chi connectivity index (χ0) is 16.9. The van der Waals surface area contributed by atoms with Crippen molar-refractivity contribution in [3.05, 3.63) is 71.8 Å². The molecule has 23 heavy (non-hydrogen) atoms. The Morgan fingerprint density at radius 1 is 0.957 bits per heavy atom. The molecule has 0 aromatic heterocycles. The lowest BCUT2D eigenvalue weighted by Crippen LogP contribution is -2.38. The summed E-state index contributed by atoms with van der Waals surface area (Å²) in [6.07, 6.45) is 1.44. The van der Waals surface area contributed by atoms with Gasteiger partial charge in [0.1, 0.15) is 5.78 Å². The van der Waals surface area contributed by atoms with Gasteiger partial charge in [-0.15, -0.1) is 0 Å². The highest BCUT2D eigenvalue weighted by Gasteiger charge is 2.37. The number of carbonyl (C=O) groups is 1. The molecule has 2 rings (SSSR count). The van der Waals surface area contributed by atoms with E-state index in [1.807, 2.05) is 12.1 Å². The van der Waals surface area contributed by atoms with Crippen molar-refractivity contribution in [1.82, 2.24) is 4.90 Å². The summed E-state index contributed by atoms with van der Waals surface area (Å²) in [6.45, 7) is 3.92. The molecule has 0 N–H and O–H groups in total. The molecule has 0 fully saturated rings. The van der Waals surface area contributed by atoms with Crippen molar-refractivity contribution in [2.75, 3.05) is 14.1 Å². The van der Waals surface area contributed by atoms with Crippen molar-refractivity contribution < 1.29 is 4.79 Å². The SMILES string of the molecule is CC(=O)CC(CC(C)N(C)C)(c1ccccc1)c1ccccc1. The van der Waals surface area contributed by atoms with Gasteiger partial charge < -0.3 is 4.90 Å². The highest BCUT2D eigenvalue weighted by molar-refractivity contribution is 5.78. The van der Waals surface area contributed by atoms with E-state index < -0.39 is 0 Å². The van der Waals surface area contributed by atoms with Gasteiger partial charge in [0.2, 0.25) is 0 Å². The monoisotopic (exact) mass is 309 g/mol. The van der Waals surface area contributed by atoms with Crippen molar-refractivity contribution in [3.8, 4) is 0 Å². The maximum absolute atomic E-state index is 12.1. The predicted octanol–water partition coefficient (Wildman–Crippen LogP) is 4.29. The van der Waals surface area contributed by atoms with E-state index >= 15 is 0 Å². The van der Waals surface area contributed by atoms with Gasteiger partial charge in [-0.25, -0.2) is 0 Å². The van der Waals surface area contributed by atoms with Crippen LogP contribution in [0.2, 0.25) is 0 Å². The third-order valence-electron chi connectivity index (χ3n) is 4.73. The first kappa shape index (κ1) is 17.4. The molecule has 2 aromatic rings. The molecule has 0 aliphatic heterocycles. The molecule has 0 saturated carbocycles. The summed E-state index contributed by atoms with van der Waals surface area (Å²) in [6, 6.07) is 21.3. The van der Waals surface area contributed by atoms with E-state index in [9.17, 15) is 4.79 Å². The standard InChI is InChI=1S/C21H27NO/c1-17(22(3)4)15-21(16-18(2)23,19-11-7-5-8-12-19)20-13-9-6-10-14-20/h5-14,17H,15-16H2,1-4H3. The quantitative estimate of drug-likeness (QED) is 0.760. The number of ketones is 1. The van der Waals surface area contributed by atoms with Crippen LogP contribution in [0.1, 0.15) is 37.8 Å². The summed E-state index contributed by atoms with van der Waals surface area (Å²) in [5.41, 5.74) is 2.16. The fraction of sp³-hybridized carbons (Fsp3) is 0.381. The minimum absolute atomic E-state index is 0.226. The maximum atomic E-state index is 12.1. The summed E-state index contributed by atoms with van der Waals surface area (Å²) in [5.74, 6) is 0.226. The summed E-state index contributed by atoms with van der Waals surface area (Å²) >= 11 is 0. The first-order chi connectivity index (χ1) is 11.0. The van der Waals surface area contributed by atoms with Gasteiger partial charge >= 0.3 is 0 Å². The molecule has 2 aromatic carbocycles. The van der Waals surface area contributed by atoms with Crippen LogP contribution in [0, 0.1) is 0 Å². The molecule has 2 nitrogen and oxygen atoms in total. The zero-order valence-corrected chi connectivity index (χ0v) is 14.6. The van der Waals surface area contributed by atoms with Crippen LogP contribution in [0.25, 0.3) is 0 Å². The van der Waals surface area contributed by atoms with Gasteiger partial charge in [-0.05, 0) is 45.5 Å². The van der Waals surface area contributed by atoms with Crippen LogP contribution in [0.5, 0.6) is 0 Å². The van der Waals surface area contributed by atoms with Gasteiger partial charge in [0, 0.05) is 17.9 Å². The molecule has 122 valence electrons. The van der Waals surface area contributed by atoms with Gasteiger partial charge in [-0.1, -0.05) is 60.7 Å². The Morgan fingerprint density at radius 2 is 1.39 bits per heavy atom. The van der Waals surface area contributed by atoms with Crippen molar-refractivity contribution in [2.24, 2.45) is 0 Å². The lowest BCUT2D eigenvalue weighted by Gasteiger charge is -2.38. The number of benzene rings is 2. The van der Waals surface area contributed by atoms with Crippen LogP contribution in [0.3, 0.4) is 0 Å². The summed E-state index contributed by atoms with van der Waals surface area (Å²) in [7, 11) is 4.19. The molecule has 0 bridgehead atoms. The minimum atomic E-state index is -0.280. The summed E-state index contributed by atoms with van der Waals surface area (Å²) in [5, 5.41) is 0. The highest BCUT2D eigenvalue weighted by atomic mass is 16.1. The number of hydrogen-bond acceptors (Lipinski definition) is 2. The first-order valence-electron chi connectivity index (χ1n) is 8.22. The average molecular weight is 309 g/mol. The van der Waals surface area contributed by atoms with Crippen LogP contribution in [0.4, 0.5) is 0 Å². The molecule has 0 saturated heterocycles. The molecule has 0 aliphatic carbocycles. The Hall–Kier alpha value is -1.93. The van der Waals surface area contributed by atoms with Crippen LogP contribution in [-0.2, 0) is 10.2 Å². The van der Waals surface area contributed by atoms with Crippen LogP contribution < -0.4 is 0 Å². The van der Waals surface area contributed by atoms with Gasteiger partial charge in [0.05, 0.1) is 0 Å². The summed E-state index contributed by atoms with van der Waals surface area (Å²) in [4.78, 5) is 14.4. The fourth-order valence-corrected chi connectivity index (χ4v) is 3.30. The highest BCUT2D eigenvalue weighted by Crippen LogP contribution is 2.40. The Kier molecular flexibility index (Phi) is 5.73. The fourth-order valence-electron chi connectivity index (χ4n) is 3.30. The Bertz CT molecular complexity index is 579. The molecule has 2 heteroatoms. The smallest absolute Gasteiger partial charge is 0.131 e. The van der Waals surface area contributed by atoms with E-state index in [-0.39, 0.29) is 11.2 Å². The number of nitrogens with zero attached hydrogens (tertiary/aromatic N) is 1. The third kappa shape index (κ3) is 4.08. The van der Waals surface area contributed by atoms with Gasteiger partial charge in [0.15, 0.2) is 0 Å². The lowest BCUT2D eigenvalue weighted by molar-refractivity contribution is -0.118. The van der Waals surface area contributed by atoms with Crippen molar-refractivity contribution in [3.63, 3.8) is 0 Å². The van der Waals surface area contributed by atoms with Crippen LogP contribution in [0.15, 0.2) is 60.7 Å². The molecule has 1 atom stereocenters. The maximum Gasteiger partial charge on any atom is 0.131 e. The number of carbonyl (C=O) groups excluding carboxylic acids is 1. The van der Waals surface area contributed by atoms with Gasteiger partial charge in [0.25, 0.3) is 0 Å². The molecule has 1 unspecified atom stereocenters. The average Bonchev–Trinajstić information content (AvgIpc) is 2.55. The van der Waals surface area contributed by atoms with E-state index in [0.717, 1.165) is 6.42 Å². The molecule has 0 spiro atoms. The van der Waals surface area contributed by atoms with Gasteiger partial charge in [-0.2, -0.15) is 0 Å². The molecule has 0 radical (unpaired) electrons. The van der Waals surface area contributed by atoms with E-state index in [0.29, 0.717) is 12.5 Å². The normalized spacial score (nSPS) is 13.1. The number of rotatable bonds is 7. The third-order valence-corrected chi connectivity index (χ3v) is 4.73. The number of Topliss-reactive ketones (excluding diaryl/α,β-unsaturated/α-hetero) is 1. The molecular weight excluding hydrogens is 282 g/mol. The van der Waals surface area contributed by atoms with Crippen LogP contribution in [-0.4, -0.2) is 30.8 Å². The number of hydrogen-bond donors (Lipinski definition) is 0. The van der Waals surface area contributed by atoms with Gasteiger partial charge in [-0.3, -0.25) is 4.79 Å². The second kappa shape index (κ2) is 7.56. The predicted molar refractivity (Wildman–Crippen MR) is 96.7 cm³/mol. The molecule has 0 amide bonds. The van der Waals surface area contributed by atoms with Crippen molar-refractivity contribution in [2.45, 2.75) is 38.1 Å². The summed E-state index contributed by atoms with van der Waals surface area (Å²) < 4.78 is 0. The Balaban J connectivity index is 2.60. The van der Waals surface area contributed by atoms with E-state index in [1.54, 1.807) is 6.92 Å². The van der Waals surface area contributed by atoms with E-state index in [4.69, 9.17) is 0 Å². The van der Waals surface area contributed by atoms with Crippen molar-refractivity contribution >= 4 is 5.78 Å².